The standard InChI is InChI=1S/C11H17NO2/c1-9(2)4-3-6-12-11(13)10-5-7-14-8-10/h5,7-9H,3-4,6H2,1-2H3,(H,12,13). The van der Waals surface area contributed by atoms with E-state index in [2.05, 4.69) is 19.2 Å². The zero-order valence-electron chi connectivity index (χ0n) is 8.75. The molecule has 3 heteroatoms. The zero-order valence-corrected chi connectivity index (χ0v) is 8.75. The molecule has 1 amide bonds. The van der Waals surface area contributed by atoms with Gasteiger partial charge in [-0.3, -0.25) is 4.79 Å². The SMILES string of the molecule is CC(C)CCCNC(=O)c1ccoc1. The first-order chi connectivity index (χ1) is 6.70. The van der Waals surface area contributed by atoms with Crippen LogP contribution < -0.4 is 5.32 Å². The molecule has 0 aliphatic heterocycles. The molecular formula is C11H17NO2. The molecule has 0 spiro atoms. The van der Waals surface area contributed by atoms with Crippen molar-refractivity contribution in [3.05, 3.63) is 24.2 Å². The fourth-order valence-corrected chi connectivity index (χ4v) is 1.21. The van der Waals surface area contributed by atoms with Gasteiger partial charge in [0.25, 0.3) is 5.91 Å². The van der Waals surface area contributed by atoms with Crippen LogP contribution >= 0.6 is 0 Å². The highest BCUT2D eigenvalue weighted by Gasteiger charge is 2.05. The van der Waals surface area contributed by atoms with Crippen LogP contribution in [0, 0.1) is 5.92 Å². The van der Waals surface area contributed by atoms with E-state index in [0.29, 0.717) is 11.5 Å². The molecule has 0 unspecified atom stereocenters. The van der Waals surface area contributed by atoms with Crippen LogP contribution in [0.3, 0.4) is 0 Å². The van der Waals surface area contributed by atoms with E-state index < -0.39 is 0 Å². The fraction of sp³-hybridized carbons (Fsp3) is 0.545. The van der Waals surface area contributed by atoms with Gasteiger partial charge in [0.15, 0.2) is 0 Å². The van der Waals surface area contributed by atoms with Gasteiger partial charge in [-0.15, -0.1) is 0 Å². The summed E-state index contributed by atoms with van der Waals surface area (Å²) < 4.78 is 4.82. The molecule has 0 aromatic carbocycles. The smallest absolute Gasteiger partial charge is 0.254 e. The maximum Gasteiger partial charge on any atom is 0.254 e. The Hall–Kier alpha value is -1.25. The average Bonchev–Trinajstić information content (AvgIpc) is 2.64. The number of rotatable bonds is 5. The second-order valence-corrected chi connectivity index (χ2v) is 3.80. The van der Waals surface area contributed by atoms with Crippen molar-refractivity contribution in [3.8, 4) is 0 Å². The number of nitrogens with one attached hydrogen (secondary N) is 1. The molecule has 0 aliphatic carbocycles. The average molecular weight is 195 g/mol. The van der Waals surface area contributed by atoms with Gasteiger partial charge in [0.05, 0.1) is 11.8 Å². The molecule has 0 bridgehead atoms. The predicted molar refractivity (Wildman–Crippen MR) is 55.1 cm³/mol. The van der Waals surface area contributed by atoms with Crippen molar-refractivity contribution in [1.29, 1.82) is 0 Å². The van der Waals surface area contributed by atoms with E-state index in [-0.39, 0.29) is 5.91 Å². The minimum atomic E-state index is -0.0532. The minimum Gasteiger partial charge on any atom is -0.472 e. The van der Waals surface area contributed by atoms with Crippen molar-refractivity contribution in [2.75, 3.05) is 6.54 Å². The van der Waals surface area contributed by atoms with Crippen LogP contribution in [0.25, 0.3) is 0 Å². The largest absolute Gasteiger partial charge is 0.472 e. The van der Waals surface area contributed by atoms with Crippen LogP contribution in [-0.4, -0.2) is 12.5 Å². The lowest BCUT2D eigenvalue weighted by atomic mass is 10.1. The van der Waals surface area contributed by atoms with Crippen LogP contribution in [-0.2, 0) is 0 Å². The van der Waals surface area contributed by atoms with Crippen LogP contribution in [0.5, 0.6) is 0 Å². The lowest BCUT2D eigenvalue weighted by Crippen LogP contribution is -2.24. The van der Waals surface area contributed by atoms with Gasteiger partial charge in [-0.2, -0.15) is 0 Å². The second-order valence-electron chi connectivity index (χ2n) is 3.80. The molecule has 1 rings (SSSR count). The molecule has 0 saturated heterocycles. The summed E-state index contributed by atoms with van der Waals surface area (Å²) in [7, 11) is 0. The number of hydrogen-bond acceptors (Lipinski definition) is 2. The van der Waals surface area contributed by atoms with Gasteiger partial charge < -0.3 is 9.73 Å². The first-order valence-corrected chi connectivity index (χ1v) is 5.00. The lowest BCUT2D eigenvalue weighted by molar-refractivity contribution is 0.0952. The molecule has 1 aromatic rings. The summed E-state index contributed by atoms with van der Waals surface area (Å²) in [6.07, 6.45) is 5.13. The Morgan fingerprint density at radius 1 is 1.57 bits per heavy atom. The number of furan rings is 1. The Morgan fingerprint density at radius 3 is 2.93 bits per heavy atom. The van der Waals surface area contributed by atoms with Crippen LogP contribution in [0.4, 0.5) is 0 Å². The molecule has 0 fully saturated rings. The van der Waals surface area contributed by atoms with Crippen molar-refractivity contribution in [3.63, 3.8) is 0 Å². The van der Waals surface area contributed by atoms with Crippen molar-refractivity contribution in [2.24, 2.45) is 5.92 Å². The normalized spacial score (nSPS) is 10.5. The van der Waals surface area contributed by atoms with E-state index in [1.165, 1.54) is 12.5 Å². The minimum absolute atomic E-state index is 0.0532. The Bertz CT molecular complexity index is 265. The van der Waals surface area contributed by atoms with Crippen LogP contribution in [0.15, 0.2) is 23.0 Å². The maximum absolute atomic E-state index is 11.4. The Kier molecular flexibility index (Phi) is 4.23. The molecule has 0 radical (unpaired) electrons. The summed E-state index contributed by atoms with van der Waals surface area (Å²) >= 11 is 0. The lowest BCUT2D eigenvalue weighted by Gasteiger charge is -2.05. The van der Waals surface area contributed by atoms with Crippen molar-refractivity contribution in [2.45, 2.75) is 26.7 Å². The first-order valence-electron chi connectivity index (χ1n) is 5.00. The molecule has 14 heavy (non-hydrogen) atoms. The Morgan fingerprint density at radius 2 is 2.36 bits per heavy atom. The molecule has 1 N–H and O–H groups in total. The molecule has 0 saturated carbocycles. The Labute approximate surface area is 84.5 Å². The molecule has 1 heterocycles. The molecule has 3 nitrogen and oxygen atoms in total. The van der Waals surface area contributed by atoms with Crippen LogP contribution in [0.1, 0.15) is 37.0 Å². The summed E-state index contributed by atoms with van der Waals surface area (Å²) in [5.41, 5.74) is 0.592. The van der Waals surface area contributed by atoms with E-state index in [9.17, 15) is 4.79 Å². The molecule has 78 valence electrons. The zero-order chi connectivity index (χ0) is 10.4. The van der Waals surface area contributed by atoms with Crippen LogP contribution in [0.2, 0.25) is 0 Å². The van der Waals surface area contributed by atoms with Crippen molar-refractivity contribution < 1.29 is 9.21 Å². The highest BCUT2D eigenvalue weighted by atomic mass is 16.3. The molecule has 0 atom stereocenters. The van der Waals surface area contributed by atoms with E-state index in [0.717, 1.165) is 19.4 Å². The monoisotopic (exact) mass is 195 g/mol. The summed E-state index contributed by atoms with van der Waals surface area (Å²) in [5, 5.41) is 2.84. The quantitative estimate of drug-likeness (QED) is 0.733. The summed E-state index contributed by atoms with van der Waals surface area (Å²) in [5.74, 6) is 0.642. The highest BCUT2D eigenvalue weighted by molar-refractivity contribution is 5.93. The van der Waals surface area contributed by atoms with E-state index in [4.69, 9.17) is 4.42 Å². The number of carbonyl (C=O) groups excluding carboxylic acids is 1. The third-order valence-electron chi connectivity index (χ3n) is 2.03. The van der Waals surface area contributed by atoms with Gasteiger partial charge in [-0.05, 0) is 24.8 Å². The third-order valence-corrected chi connectivity index (χ3v) is 2.03. The van der Waals surface area contributed by atoms with Crippen molar-refractivity contribution in [1.82, 2.24) is 5.32 Å². The predicted octanol–water partition coefficient (Wildman–Crippen LogP) is 2.45. The summed E-state index contributed by atoms with van der Waals surface area (Å²) in [6, 6.07) is 1.66. The second kappa shape index (κ2) is 5.47. The molecular weight excluding hydrogens is 178 g/mol. The van der Waals surface area contributed by atoms with Gasteiger partial charge in [0, 0.05) is 6.54 Å². The number of carbonyl (C=O) groups is 1. The molecule has 0 aliphatic rings. The van der Waals surface area contributed by atoms with Gasteiger partial charge in [0.2, 0.25) is 0 Å². The topological polar surface area (TPSA) is 42.2 Å². The van der Waals surface area contributed by atoms with Gasteiger partial charge in [-0.1, -0.05) is 13.8 Å². The van der Waals surface area contributed by atoms with Gasteiger partial charge in [0.1, 0.15) is 6.26 Å². The van der Waals surface area contributed by atoms with Crippen molar-refractivity contribution >= 4 is 5.91 Å². The fourth-order valence-electron chi connectivity index (χ4n) is 1.21. The summed E-state index contributed by atoms with van der Waals surface area (Å²) in [4.78, 5) is 11.4. The molecule has 1 aromatic heterocycles. The first kappa shape index (κ1) is 10.8. The number of amides is 1. The van der Waals surface area contributed by atoms with Gasteiger partial charge in [-0.25, -0.2) is 0 Å². The van der Waals surface area contributed by atoms with E-state index in [1.807, 2.05) is 0 Å². The summed E-state index contributed by atoms with van der Waals surface area (Å²) in [6.45, 7) is 5.10. The van der Waals surface area contributed by atoms with Gasteiger partial charge >= 0.3 is 0 Å². The highest BCUT2D eigenvalue weighted by Crippen LogP contribution is 2.03. The third kappa shape index (κ3) is 3.64. The Balaban J connectivity index is 2.16. The number of hydrogen-bond donors (Lipinski definition) is 1. The van der Waals surface area contributed by atoms with E-state index >= 15 is 0 Å². The maximum atomic E-state index is 11.4. The van der Waals surface area contributed by atoms with E-state index in [1.54, 1.807) is 6.07 Å².